The third-order valence-corrected chi connectivity index (χ3v) is 2.84. The summed E-state index contributed by atoms with van der Waals surface area (Å²) in [5, 5.41) is 0. The van der Waals surface area contributed by atoms with Crippen LogP contribution in [0.25, 0.3) is 0 Å². The fraction of sp³-hybridized carbons (Fsp3) is 0.750. The van der Waals surface area contributed by atoms with Gasteiger partial charge in [0.25, 0.3) is 0 Å². The number of nitrogens with zero attached hydrogens (tertiary/aromatic N) is 1. The third kappa shape index (κ3) is 1.31. The maximum Gasteiger partial charge on any atom is 0.235 e. The Morgan fingerprint density at radius 3 is 2.42 bits per heavy atom. The van der Waals surface area contributed by atoms with Crippen LogP contribution in [0.1, 0.15) is 19.8 Å². The molecule has 0 spiro atoms. The maximum absolute atomic E-state index is 11.7. The Hall–Kier alpha value is -0.640. The van der Waals surface area contributed by atoms with Crippen LogP contribution in [-0.2, 0) is 4.79 Å². The predicted molar refractivity (Wildman–Crippen MR) is 51.8 cm³/mol. The summed E-state index contributed by atoms with van der Waals surface area (Å²) in [7, 11) is 1.78. The summed E-state index contributed by atoms with van der Waals surface area (Å²) in [5.41, 5.74) is 5.04. The first kappa shape index (κ1) is 9.45. The first-order chi connectivity index (χ1) is 5.54. The largest absolute Gasteiger partial charge is 0.392 e. The summed E-state index contributed by atoms with van der Waals surface area (Å²) in [4.78, 5) is 13.7. The molecule has 1 saturated carbocycles. The lowest BCUT2D eigenvalue weighted by molar-refractivity contribution is -0.132. The fourth-order valence-electron chi connectivity index (χ4n) is 1.20. The summed E-state index contributed by atoms with van der Waals surface area (Å²) in [5.74, 6) is 0.0810. The van der Waals surface area contributed by atoms with Crippen molar-refractivity contribution in [2.75, 3.05) is 13.6 Å². The molecular weight excluding hydrogens is 172 g/mol. The molecule has 4 heteroatoms. The van der Waals surface area contributed by atoms with Crippen LogP contribution in [0, 0.1) is 5.41 Å². The molecule has 0 radical (unpaired) electrons. The van der Waals surface area contributed by atoms with Gasteiger partial charge in [-0.15, -0.1) is 0 Å². The van der Waals surface area contributed by atoms with Gasteiger partial charge < -0.3 is 10.6 Å². The van der Waals surface area contributed by atoms with E-state index in [0.29, 0.717) is 11.5 Å². The molecule has 0 aromatic carbocycles. The molecule has 1 rings (SSSR count). The van der Waals surface area contributed by atoms with Gasteiger partial charge in [0.05, 0.1) is 10.4 Å². The Bertz CT molecular complexity index is 223. The van der Waals surface area contributed by atoms with Gasteiger partial charge in [-0.3, -0.25) is 4.79 Å². The number of nitrogens with two attached hydrogens (primary N) is 1. The first-order valence-electron chi connectivity index (χ1n) is 4.10. The predicted octanol–water partition coefficient (Wildman–Crippen LogP) is 0.531. The van der Waals surface area contributed by atoms with Crippen molar-refractivity contribution >= 4 is 23.1 Å². The number of carbonyl (C=O) groups excluding carboxylic acids is 1. The van der Waals surface area contributed by atoms with Gasteiger partial charge in [-0.1, -0.05) is 12.2 Å². The lowest BCUT2D eigenvalue weighted by Gasteiger charge is -2.20. The molecule has 2 N–H and O–H groups in total. The van der Waals surface area contributed by atoms with Crippen LogP contribution in [-0.4, -0.2) is 29.4 Å². The fourth-order valence-corrected chi connectivity index (χ4v) is 1.49. The molecule has 1 aliphatic carbocycles. The quantitative estimate of drug-likeness (QED) is 0.654. The first-order valence-corrected chi connectivity index (χ1v) is 4.51. The van der Waals surface area contributed by atoms with Crippen LogP contribution < -0.4 is 5.73 Å². The molecule has 3 nitrogen and oxygen atoms in total. The Labute approximate surface area is 77.9 Å². The molecule has 0 aromatic rings. The van der Waals surface area contributed by atoms with Crippen molar-refractivity contribution in [2.45, 2.75) is 19.8 Å². The maximum atomic E-state index is 11.7. The topological polar surface area (TPSA) is 46.3 Å². The van der Waals surface area contributed by atoms with Crippen molar-refractivity contribution in [1.29, 1.82) is 0 Å². The molecule has 12 heavy (non-hydrogen) atoms. The van der Waals surface area contributed by atoms with Gasteiger partial charge >= 0.3 is 0 Å². The van der Waals surface area contributed by atoms with E-state index < -0.39 is 5.41 Å². The number of hydrogen-bond donors (Lipinski definition) is 1. The molecule has 0 saturated heterocycles. The number of rotatable bonds is 3. The van der Waals surface area contributed by atoms with E-state index in [4.69, 9.17) is 18.0 Å². The highest BCUT2D eigenvalue weighted by Gasteiger charge is 2.53. The van der Waals surface area contributed by atoms with Crippen molar-refractivity contribution in [3.05, 3.63) is 0 Å². The van der Waals surface area contributed by atoms with Gasteiger partial charge in [-0.25, -0.2) is 0 Å². The van der Waals surface area contributed by atoms with E-state index >= 15 is 0 Å². The van der Waals surface area contributed by atoms with Gasteiger partial charge in [0.2, 0.25) is 5.91 Å². The van der Waals surface area contributed by atoms with Gasteiger partial charge in [0.1, 0.15) is 0 Å². The number of hydrogen-bond acceptors (Lipinski definition) is 2. The second-order valence-electron chi connectivity index (χ2n) is 3.27. The third-order valence-electron chi connectivity index (χ3n) is 2.45. The molecule has 0 unspecified atom stereocenters. The average Bonchev–Trinajstić information content (AvgIpc) is 2.81. The average molecular weight is 186 g/mol. The van der Waals surface area contributed by atoms with Crippen molar-refractivity contribution in [3.63, 3.8) is 0 Å². The van der Waals surface area contributed by atoms with Crippen molar-refractivity contribution in [3.8, 4) is 0 Å². The van der Waals surface area contributed by atoms with Gasteiger partial charge in [-0.2, -0.15) is 0 Å². The Balaban J connectivity index is 2.70. The SMILES string of the molecule is CCN(C)C(=O)C1(C(N)=S)CC1. The second-order valence-corrected chi connectivity index (χ2v) is 3.71. The lowest BCUT2D eigenvalue weighted by Crippen LogP contribution is -2.40. The smallest absolute Gasteiger partial charge is 0.235 e. The molecule has 0 aromatic heterocycles. The second kappa shape index (κ2) is 3.01. The highest BCUT2D eigenvalue weighted by Crippen LogP contribution is 2.47. The van der Waals surface area contributed by atoms with E-state index in [9.17, 15) is 4.79 Å². The van der Waals surface area contributed by atoms with Crippen molar-refractivity contribution in [1.82, 2.24) is 4.90 Å². The minimum Gasteiger partial charge on any atom is -0.392 e. The number of amides is 1. The van der Waals surface area contributed by atoms with E-state index in [0.717, 1.165) is 12.8 Å². The van der Waals surface area contributed by atoms with Gasteiger partial charge in [-0.05, 0) is 19.8 Å². The summed E-state index contributed by atoms with van der Waals surface area (Å²) < 4.78 is 0. The van der Waals surface area contributed by atoms with E-state index in [1.54, 1.807) is 11.9 Å². The van der Waals surface area contributed by atoms with E-state index in [2.05, 4.69) is 0 Å². The molecule has 1 amide bonds. The Morgan fingerprint density at radius 2 is 2.17 bits per heavy atom. The van der Waals surface area contributed by atoms with Crippen LogP contribution in [0.3, 0.4) is 0 Å². The van der Waals surface area contributed by atoms with Crippen molar-refractivity contribution < 1.29 is 4.79 Å². The van der Waals surface area contributed by atoms with Crippen molar-refractivity contribution in [2.24, 2.45) is 11.1 Å². The van der Waals surface area contributed by atoms with Crippen LogP contribution in [0.15, 0.2) is 0 Å². The van der Waals surface area contributed by atoms with Gasteiger partial charge in [0, 0.05) is 13.6 Å². The van der Waals surface area contributed by atoms with E-state index in [1.807, 2.05) is 6.92 Å². The number of thiocarbonyl (C=S) groups is 1. The summed E-state index contributed by atoms with van der Waals surface area (Å²) >= 11 is 4.87. The summed E-state index contributed by atoms with van der Waals surface area (Å²) in [6, 6.07) is 0. The summed E-state index contributed by atoms with van der Waals surface area (Å²) in [6.45, 7) is 2.65. The van der Waals surface area contributed by atoms with Gasteiger partial charge in [0.15, 0.2) is 0 Å². The molecule has 0 atom stereocenters. The zero-order valence-corrected chi connectivity index (χ0v) is 8.28. The zero-order valence-electron chi connectivity index (χ0n) is 7.46. The highest BCUT2D eigenvalue weighted by molar-refractivity contribution is 7.80. The van der Waals surface area contributed by atoms with Crippen LogP contribution in [0.5, 0.6) is 0 Å². The number of carbonyl (C=O) groups is 1. The Morgan fingerprint density at radius 1 is 1.67 bits per heavy atom. The highest BCUT2D eigenvalue weighted by atomic mass is 32.1. The molecule has 0 bridgehead atoms. The normalized spacial score (nSPS) is 18.5. The molecule has 1 aliphatic rings. The van der Waals surface area contributed by atoms with Crippen LogP contribution >= 0.6 is 12.2 Å². The molecule has 0 heterocycles. The molecule has 68 valence electrons. The molecule has 0 aliphatic heterocycles. The zero-order chi connectivity index (χ0) is 9.35. The standard InChI is InChI=1S/C8H14N2OS/c1-3-10(2)7(11)8(4-5-8)6(9)12/h3-5H2,1-2H3,(H2,9,12). The van der Waals surface area contributed by atoms with Crippen LogP contribution in [0.2, 0.25) is 0 Å². The van der Waals surface area contributed by atoms with E-state index in [1.165, 1.54) is 0 Å². The molecular formula is C8H14N2OS. The minimum atomic E-state index is -0.472. The Kier molecular flexibility index (Phi) is 2.37. The summed E-state index contributed by atoms with van der Waals surface area (Å²) in [6.07, 6.45) is 1.65. The minimum absolute atomic E-state index is 0.0810. The van der Waals surface area contributed by atoms with E-state index in [-0.39, 0.29) is 5.91 Å². The lowest BCUT2D eigenvalue weighted by atomic mass is 10.1. The molecule has 1 fully saturated rings. The van der Waals surface area contributed by atoms with Crippen LogP contribution in [0.4, 0.5) is 0 Å². The monoisotopic (exact) mass is 186 g/mol.